The number of aliphatic hydroxyl groups is 1. The average Bonchev–Trinajstić information content (AvgIpc) is 3.31. The van der Waals surface area contributed by atoms with Crippen molar-refractivity contribution < 1.29 is 19.8 Å². The molecular formula is C19H21ClN2O4. The molecule has 1 amide bonds. The first-order valence-corrected chi connectivity index (χ1v) is 9.26. The largest absolute Gasteiger partial charge is 0.481 e. The van der Waals surface area contributed by atoms with Crippen LogP contribution < -0.4 is 0 Å². The van der Waals surface area contributed by atoms with Crippen molar-refractivity contribution in [1.29, 1.82) is 0 Å². The number of nitrogens with zero attached hydrogens (tertiary/aromatic N) is 1. The minimum Gasteiger partial charge on any atom is -0.481 e. The summed E-state index contributed by atoms with van der Waals surface area (Å²) in [5, 5.41) is 21.6. The fourth-order valence-corrected chi connectivity index (χ4v) is 4.22. The van der Waals surface area contributed by atoms with Crippen LogP contribution in [-0.2, 0) is 4.79 Å². The molecule has 26 heavy (non-hydrogen) atoms. The van der Waals surface area contributed by atoms with Crippen LogP contribution in [0, 0.1) is 11.3 Å². The van der Waals surface area contributed by atoms with E-state index in [1.165, 1.54) is 0 Å². The number of fused-ring (bicyclic) bond motifs is 1. The van der Waals surface area contributed by atoms with Gasteiger partial charge in [-0.25, -0.2) is 0 Å². The molecule has 1 saturated carbocycles. The number of aromatic nitrogens is 1. The van der Waals surface area contributed by atoms with Crippen LogP contribution in [0.2, 0.25) is 5.02 Å². The number of carboxylic acids is 1. The lowest BCUT2D eigenvalue weighted by atomic mass is 9.73. The second kappa shape index (κ2) is 6.28. The van der Waals surface area contributed by atoms with Crippen molar-refractivity contribution in [2.24, 2.45) is 11.3 Å². The summed E-state index contributed by atoms with van der Waals surface area (Å²) in [6.07, 6.45) is 1.76. The molecule has 4 rings (SSSR count). The number of benzene rings is 1. The summed E-state index contributed by atoms with van der Waals surface area (Å²) in [7, 11) is 0. The highest BCUT2D eigenvalue weighted by Crippen LogP contribution is 2.45. The third-order valence-corrected chi connectivity index (χ3v) is 6.02. The van der Waals surface area contributed by atoms with Crippen LogP contribution in [0.25, 0.3) is 10.9 Å². The SMILES string of the molecule is O=C(c1cc2c(Cl)cccc2[nH]1)N1CC[C@@H](O)[C@@](CC2CC2)(C(=O)O)C1. The Hall–Kier alpha value is -2.05. The highest BCUT2D eigenvalue weighted by atomic mass is 35.5. The number of carbonyl (C=O) groups is 2. The summed E-state index contributed by atoms with van der Waals surface area (Å²) in [6, 6.07) is 7.10. The van der Waals surface area contributed by atoms with Crippen LogP contribution in [-0.4, -0.2) is 51.2 Å². The number of carbonyl (C=O) groups excluding carboxylic acids is 1. The average molecular weight is 377 g/mol. The molecule has 0 radical (unpaired) electrons. The Morgan fingerprint density at radius 2 is 2.08 bits per heavy atom. The van der Waals surface area contributed by atoms with Crippen LogP contribution in [0.3, 0.4) is 0 Å². The summed E-state index contributed by atoms with van der Waals surface area (Å²) < 4.78 is 0. The highest BCUT2D eigenvalue weighted by molar-refractivity contribution is 6.35. The van der Waals surface area contributed by atoms with Crippen LogP contribution >= 0.6 is 11.6 Å². The number of hydrogen-bond acceptors (Lipinski definition) is 3. The van der Waals surface area contributed by atoms with E-state index in [1.807, 2.05) is 6.07 Å². The first-order valence-electron chi connectivity index (χ1n) is 8.89. The number of likely N-dealkylation sites (tertiary alicyclic amines) is 1. The van der Waals surface area contributed by atoms with Crippen LogP contribution in [0.4, 0.5) is 0 Å². The van der Waals surface area contributed by atoms with Gasteiger partial charge in [-0.2, -0.15) is 0 Å². The van der Waals surface area contributed by atoms with E-state index in [0.717, 1.165) is 23.7 Å². The molecule has 2 aliphatic rings. The molecule has 1 aliphatic heterocycles. The number of aliphatic carboxylic acids is 1. The van der Waals surface area contributed by atoms with Gasteiger partial charge in [0.15, 0.2) is 0 Å². The number of H-pyrrole nitrogens is 1. The molecule has 3 N–H and O–H groups in total. The van der Waals surface area contributed by atoms with Gasteiger partial charge in [0, 0.05) is 29.0 Å². The summed E-state index contributed by atoms with van der Waals surface area (Å²) in [6.45, 7) is 0.366. The van der Waals surface area contributed by atoms with Crippen molar-refractivity contribution in [2.75, 3.05) is 13.1 Å². The zero-order chi connectivity index (χ0) is 18.5. The van der Waals surface area contributed by atoms with Crippen molar-refractivity contribution in [2.45, 2.75) is 31.8 Å². The Kier molecular flexibility index (Phi) is 4.20. The Balaban J connectivity index is 1.62. The standard InChI is InChI=1S/C19H21ClN2O4/c20-13-2-1-3-14-12(13)8-15(21-14)17(24)22-7-6-16(23)19(10-22,18(25)26)9-11-4-5-11/h1-3,8,11,16,21,23H,4-7,9-10H2,(H,25,26)/t16-,19+/m1/s1. The molecule has 6 nitrogen and oxygen atoms in total. The van der Waals surface area contributed by atoms with E-state index in [4.69, 9.17) is 11.6 Å². The number of nitrogens with one attached hydrogen (secondary N) is 1. The predicted molar refractivity (Wildman–Crippen MR) is 97.2 cm³/mol. The van der Waals surface area contributed by atoms with Gasteiger partial charge in [0.2, 0.25) is 0 Å². The Bertz CT molecular complexity index is 876. The monoisotopic (exact) mass is 376 g/mol. The van der Waals surface area contributed by atoms with E-state index in [9.17, 15) is 19.8 Å². The number of aliphatic hydroxyl groups excluding tert-OH is 1. The smallest absolute Gasteiger partial charge is 0.314 e. The number of rotatable bonds is 4. The lowest BCUT2D eigenvalue weighted by Gasteiger charge is -2.43. The minimum atomic E-state index is -1.28. The molecule has 1 saturated heterocycles. The molecule has 0 bridgehead atoms. The van der Waals surface area contributed by atoms with E-state index in [-0.39, 0.29) is 18.9 Å². The van der Waals surface area contributed by atoms with Crippen molar-refractivity contribution in [1.82, 2.24) is 9.88 Å². The van der Waals surface area contributed by atoms with E-state index in [1.54, 1.807) is 23.1 Å². The third kappa shape index (κ3) is 2.87. The van der Waals surface area contributed by atoms with Crippen LogP contribution in [0.15, 0.2) is 24.3 Å². The normalized spacial score (nSPS) is 26.2. The zero-order valence-electron chi connectivity index (χ0n) is 14.2. The maximum atomic E-state index is 13.0. The number of hydrogen-bond donors (Lipinski definition) is 3. The summed E-state index contributed by atoms with van der Waals surface area (Å²) >= 11 is 6.18. The van der Waals surface area contributed by atoms with Gasteiger partial charge in [0.25, 0.3) is 5.91 Å². The molecule has 2 atom stereocenters. The van der Waals surface area contributed by atoms with Gasteiger partial charge in [-0.3, -0.25) is 9.59 Å². The number of aromatic amines is 1. The van der Waals surface area contributed by atoms with Gasteiger partial charge in [0.1, 0.15) is 11.1 Å². The second-order valence-corrected chi connectivity index (χ2v) is 7.93. The van der Waals surface area contributed by atoms with E-state index in [2.05, 4.69) is 4.98 Å². The molecule has 1 aliphatic carbocycles. The molecule has 2 aromatic rings. The van der Waals surface area contributed by atoms with Crippen molar-refractivity contribution in [3.63, 3.8) is 0 Å². The number of carboxylic acid groups (broad SMARTS) is 1. The molecule has 0 unspecified atom stereocenters. The van der Waals surface area contributed by atoms with Crippen molar-refractivity contribution in [3.8, 4) is 0 Å². The first-order chi connectivity index (χ1) is 12.4. The van der Waals surface area contributed by atoms with Crippen LogP contribution in [0.1, 0.15) is 36.2 Å². The van der Waals surface area contributed by atoms with Gasteiger partial charge in [-0.15, -0.1) is 0 Å². The molecule has 1 aromatic heterocycles. The van der Waals surface area contributed by atoms with Crippen molar-refractivity contribution >= 4 is 34.4 Å². The third-order valence-electron chi connectivity index (χ3n) is 5.69. The summed E-state index contributed by atoms with van der Waals surface area (Å²) in [5.41, 5.74) is -0.130. The predicted octanol–water partition coefficient (Wildman–Crippen LogP) is 2.90. The maximum absolute atomic E-state index is 13.0. The van der Waals surface area contributed by atoms with Gasteiger partial charge in [0.05, 0.1) is 6.10 Å². The number of amides is 1. The molecule has 2 heterocycles. The summed E-state index contributed by atoms with van der Waals surface area (Å²) in [4.78, 5) is 29.6. The van der Waals surface area contributed by atoms with Gasteiger partial charge in [-0.05, 0) is 37.0 Å². The molecule has 0 spiro atoms. The minimum absolute atomic E-state index is 0.0297. The van der Waals surface area contributed by atoms with E-state index < -0.39 is 17.5 Å². The summed E-state index contributed by atoms with van der Waals surface area (Å²) in [5.74, 6) is -0.942. The molecule has 1 aromatic carbocycles. The molecule has 7 heteroatoms. The van der Waals surface area contributed by atoms with Crippen LogP contribution in [0.5, 0.6) is 0 Å². The van der Waals surface area contributed by atoms with Crippen molar-refractivity contribution in [3.05, 3.63) is 35.0 Å². The number of piperidine rings is 1. The van der Waals surface area contributed by atoms with Gasteiger partial charge < -0.3 is 20.1 Å². The quantitative estimate of drug-likeness (QED) is 0.764. The van der Waals surface area contributed by atoms with Gasteiger partial charge >= 0.3 is 5.97 Å². The topological polar surface area (TPSA) is 93.6 Å². The fourth-order valence-electron chi connectivity index (χ4n) is 3.99. The molecule has 2 fully saturated rings. The lowest BCUT2D eigenvalue weighted by Crippen LogP contribution is -2.57. The first kappa shape index (κ1) is 17.4. The Morgan fingerprint density at radius 1 is 1.31 bits per heavy atom. The highest BCUT2D eigenvalue weighted by Gasteiger charge is 2.52. The maximum Gasteiger partial charge on any atom is 0.314 e. The molecule has 138 valence electrons. The molecular weight excluding hydrogens is 356 g/mol. The second-order valence-electron chi connectivity index (χ2n) is 7.52. The Labute approximate surface area is 155 Å². The Morgan fingerprint density at radius 3 is 2.73 bits per heavy atom. The number of halogens is 1. The fraction of sp³-hybridized carbons (Fsp3) is 0.474. The van der Waals surface area contributed by atoms with E-state index >= 15 is 0 Å². The zero-order valence-corrected chi connectivity index (χ0v) is 15.0. The lowest BCUT2D eigenvalue weighted by molar-refractivity contribution is -0.163. The van der Waals surface area contributed by atoms with Gasteiger partial charge in [-0.1, -0.05) is 30.5 Å². The van der Waals surface area contributed by atoms with E-state index in [0.29, 0.717) is 29.6 Å².